The molecule has 0 fully saturated rings. The van der Waals surface area contributed by atoms with Crippen LogP contribution in [0.4, 0.5) is 0 Å². The van der Waals surface area contributed by atoms with Crippen LogP contribution in [-0.4, -0.2) is 0 Å². The second-order valence-corrected chi connectivity index (χ2v) is 0. The van der Waals surface area contributed by atoms with Gasteiger partial charge in [0.15, 0.2) is 0 Å². The van der Waals surface area contributed by atoms with Crippen LogP contribution in [0.15, 0.2) is 0 Å². The standard InChI is InChI=1S/C2H6.ClH.Na/c1-2;;/h1-2H3;1H;/q;;+1/p-1. The molecule has 22 valence electrons. The van der Waals surface area contributed by atoms with Crippen LogP contribution in [0.1, 0.15) is 13.8 Å². The zero-order valence-electron chi connectivity index (χ0n) is 3.38. The van der Waals surface area contributed by atoms with Gasteiger partial charge in [0.05, 0.1) is 0 Å². The Labute approximate surface area is 55.7 Å². The Morgan fingerprint density at radius 2 is 1.00 bits per heavy atom. The molecule has 0 radical (unpaired) electrons. The monoisotopic (exact) mass is 88.0 g/mol. The van der Waals surface area contributed by atoms with Crippen molar-refractivity contribution in [2.75, 3.05) is 0 Å². The third-order valence-corrected chi connectivity index (χ3v) is 0. The maximum atomic E-state index is 2.00. The number of hydrogen-bond acceptors (Lipinski definition) is 0. The molecule has 0 rings (SSSR count). The average Bonchev–Trinajstić information content (AvgIpc) is 1.00. The molecule has 0 aliphatic carbocycles. The van der Waals surface area contributed by atoms with Gasteiger partial charge in [0.2, 0.25) is 0 Å². The molecule has 0 aromatic heterocycles. The van der Waals surface area contributed by atoms with Crippen LogP contribution in [0, 0.1) is 0 Å². The molecule has 0 heterocycles. The van der Waals surface area contributed by atoms with E-state index in [0.717, 1.165) is 0 Å². The maximum Gasteiger partial charge on any atom is 1.00 e. The van der Waals surface area contributed by atoms with Gasteiger partial charge in [-0.05, 0) is 0 Å². The quantitative estimate of drug-likeness (QED) is 0.260. The summed E-state index contributed by atoms with van der Waals surface area (Å²) >= 11 is 0. The minimum atomic E-state index is 0. The van der Waals surface area contributed by atoms with Gasteiger partial charge in [0.1, 0.15) is 0 Å². The van der Waals surface area contributed by atoms with E-state index in [4.69, 9.17) is 0 Å². The summed E-state index contributed by atoms with van der Waals surface area (Å²) in [7, 11) is 0. The Balaban J connectivity index is -0.00000000500. The van der Waals surface area contributed by atoms with Crippen LogP contribution in [0.25, 0.3) is 0 Å². The van der Waals surface area contributed by atoms with E-state index in [0.29, 0.717) is 0 Å². The van der Waals surface area contributed by atoms with Crippen LogP contribution in [0.3, 0.4) is 0 Å². The summed E-state index contributed by atoms with van der Waals surface area (Å²) in [5.74, 6) is 0. The topological polar surface area (TPSA) is 0 Å². The zero-order chi connectivity index (χ0) is 2.00. The smallest absolute Gasteiger partial charge is 1.00 e. The minimum Gasteiger partial charge on any atom is -1.00 e. The fraction of sp³-hybridized carbons (Fsp3) is 1.00. The Morgan fingerprint density at radius 1 is 1.00 bits per heavy atom. The second kappa shape index (κ2) is 27.9. The van der Waals surface area contributed by atoms with Crippen molar-refractivity contribution in [3.05, 3.63) is 0 Å². The minimum absolute atomic E-state index is 0. The summed E-state index contributed by atoms with van der Waals surface area (Å²) in [6.07, 6.45) is 0. The first-order chi connectivity index (χ1) is 1.00. The van der Waals surface area contributed by atoms with Gasteiger partial charge < -0.3 is 12.4 Å². The molecule has 0 N–H and O–H groups in total. The van der Waals surface area contributed by atoms with Gasteiger partial charge in [0.25, 0.3) is 0 Å². The van der Waals surface area contributed by atoms with E-state index < -0.39 is 0 Å². The number of halogens is 1. The van der Waals surface area contributed by atoms with Crippen LogP contribution in [0.5, 0.6) is 0 Å². The fourth-order valence-corrected chi connectivity index (χ4v) is 0. The Morgan fingerprint density at radius 3 is 1.00 bits per heavy atom. The van der Waals surface area contributed by atoms with Crippen molar-refractivity contribution in [1.82, 2.24) is 0 Å². The molecule has 0 aliphatic heterocycles. The third kappa shape index (κ3) is 10.4. The van der Waals surface area contributed by atoms with Crippen molar-refractivity contribution < 1.29 is 42.0 Å². The molecule has 0 bridgehead atoms. The van der Waals surface area contributed by atoms with Gasteiger partial charge >= 0.3 is 29.6 Å². The first kappa shape index (κ1) is 18.6. The van der Waals surface area contributed by atoms with E-state index in [1.807, 2.05) is 13.8 Å². The van der Waals surface area contributed by atoms with Crippen LogP contribution < -0.4 is 42.0 Å². The Hall–Kier alpha value is 1.29. The van der Waals surface area contributed by atoms with Crippen molar-refractivity contribution >= 4 is 0 Å². The third-order valence-electron chi connectivity index (χ3n) is 0. The predicted octanol–water partition coefficient (Wildman–Crippen LogP) is -4.97. The van der Waals surface area contributed by atoms with Crippen molar-refractivity contribution in [2.24, 2.45) is 0 Å². The van der Waals surface area contributed by atoms with Crippen LogP contribution in [-0.2, 0) is 0 Å². The first-order valence-electron chi connectivity index (χ1n) is 1.00. The van der Waals surface area contributed by atoms with Crippen molar-refractivity contribution in [3.8, 4) is 0 Å². The molecule has 0 aromatic rings. The van der Waals surface area contributed by atoms with E-state index >= 15 is 0 Å². The van der Waals surface area contributed by atoms with Crippen LogP contribution >= 0.6 is 0 Å². The summed E-state index contributed by atoms with van der Waals surface area (Å²) in [6.45, 7) is 4.00. The molecule has 0 aromatic carbocycles. The van der Waals surface area contributed by atoms with Crippen molar-refractivity contribution in [2.45, 2.75) is 13.8 Å². The number of rotatable bonds is 0. The Bertz CT molecular complexity index is 6.00. The molecule has 0 amide bonds. The molecule has 0 nitrogen and oxygen atoms in total. The molecule has 0 atom stereocenters. The SMILES string of the molecule is CC.[Cl-].[Na+]. The molecule has 2 heteroatoms. The van der Waals surface area contributed by atoms with E-state index in [1.165, 1.54) is 0 Å². The van der Waals surface area contributed by atoms with E-state index in [1.54, 1.807) is 0 Å². The molecule has 0 saturated carbocycles. The second-order valence-electron chi connectivity index (χ2n) is 0. The van der Waals surface area contributed by atoms with Gasteiger partial charge in [-0.3, -0.25) is 0 Å². The molecule has 4 heavy (non-hydrogen) atoms. The van der Waals surface area contributed by atoms with E-state index in [2.05, 4.69) is 0 Å². The molecule has 0 aliphatic rings. The summed E-state index contributed by atoms with van der Waals surface area (Å²) in [4.78, 5) is 0. The van der Waals surface area contributed by atoms with Crippen molar-refractivity contribution in [1.29, 1.82) is 0 Å². The van der Waals surface area contributed by atoms with E-state index in [9.17, 15) is 0 Å². The average molecular weight is 88.5 g/mol. The predicted molar refractivity (Wildman–Crippen MR) is 11.3 cm³/mol. The van der Waals surface area contributed by atoms with E-state index in [-0.39, 0.29) is 42.0 Å². The van der Waals surface area contributed by atoms with Gasteiger partial charge in [-0.1, -0.05) is 13.8 Å². The van der Waals surface area contributed by atoms with Crippen molar-refractivity contribution in [3.63, 3.8) is 0 Å². The van der Waals surface area contributed by atoms with Gasteiger partial charge in [-0.2, -0.15) is 0 Å². The molecule has 0 unspecified atom stereocenters. The molecule has 0 saturated heterocycles. The maximum absolute atomic E-state index is 2.00. The summed E-state index contributed by atoms with van der Waals surface area (Å²) < 4.78 is 0. The summed E-state index contributed by atoms with van der Waals surface area (Å²) in [5, 5.41) is 0. The normalized spacial score (nSPS) is 1.50. The fourth-order valence-electron chi connectivity index (χ4n) is 0. The first-order valence-corrected chi connectivity index (χ1v) is 1.00. The van der Waals surface area contributed by atoms with Gasteiger partial charge in [-0.15, -0.1) is 0 Å². The molecular formula is C2H6ClNa. The van der Waals surface area contributed by atoms with Crippen LogP contribution in [0.2, 0.25) is 0 Å². The Kier molecular flexibility index (Phi) is 130. The zero-order valence-corrected chi connectivity index (χ0v) is 6.13. The summed E-state index contributed by atoms with van der Waals surface area (Å²) in [5.41, 5.74) is 0. The number of hydrogen-bond donors (Lipinski definition) is 0. The molecular weight excluding hydrogens is 82.5 g/mol. The molecule has 0 spiro atoms. The summed E-state index contributed by atoms with van der Waals surface area (Å²) in [6, 6.07) is 0. The largest absolute Gasteiger partial charge is 1.00 e. The van der Waals surface area contributed by atoms with Gasteiger partial charge in [0, 0.05) is 0 Å². The van der Waals surface area contributed by atoms with Gasteiger partial charge in [-0.25, -0.2) is 0 Å².